The van der Waals surface area contributed by atoms with E-state index in [1.807, 2.05) is 6.07 Å². The number of aliphatic carboxylic acids is 1. The Bertz CT molecular complexity index is 782. The number of benzene rings is 1. The molecule has 0 saturated carbocycles. The molecule has 3 saturated heterocycles. The first-order valence-electron chi connectivity index (χ1n) is 9.52. The number of amides is 3. The van der Waals surface area contributed by atoms with Crippen LogP contribution in [0.2, 0.25) is 0 Å². The van der Waals surface area contributed by atoms with Crippen LogP contribution in [0.1, 0.15) is 24.8 Å². The normalized spacial score (nSPS) is 29.1. The van der Waals surface area contributed by atoms with E-state index in [9.17, 15) is 24.3 Å². The van der Waals surface area contributed by atoms with Crippen LogP contribution in [0, 0.1) is 11.8 Å². The van der Waals surface area contributed by atoms with Crippen molar-refractivity contribution in [1.29, 1.82) is 0 Å². The molecule has 3 fully saturated rings. The molecule has 1 aromatic carbocycles. The quantitative estimate of drug-likeness (QED) is 0.654. The second-order valence-corrected chi connectivity index (χ2v) is 7.57. The molecule has 2 bridgehead atoms. The molecule has 148 valence electrons. The Labute approximate surface area is 161 Å². The highest BCUT2D eigenvalue weighted by Gasteiger charge is 2.62. The van der Waals surface area contributed by atoms with Crippen LogP contribution in [0.15, 0.2) is 30.3 Å². The van der Waals surface area contributed by atoms with Gasteiger partial charge in [-0.05, 0) is 18.4 Å². The summed E-state index contributed by atoms with van der Waals surface area (Å²) in [7, 11) is 0. The summed E-state index contributed by atoms with van der Waals surface area (Å²) in [6.45, 7) is -0.0341. The van der Waals surface area contributed by atoms with Crippen molar-refractivity contribution in [3.05, 3.63) is 35.9 Å². The van der Waals surface area contributed by atoms with Crippen LogP contribution in [0.5, 0.6) is 0 Å². The average Bonchev–Trinajstić information content (AvgIpc) is 3.35. The molecular formula is C20H22N2O6. The lowest BCUT2D eigenvalue weighted by molar-refractivity contribution is -0.144. The van der Waals surface area contributed by atoms with E-state index in [0.717, 1.165) is 23.3 Å². The van der Waals surface area contributed by atoms with E-state index in [0.29, 0.717) is 0 Å². The van der Waals surface area contributed by atoms with Gasteiger partial charge in [-0.1, -0.05) is 30.3 Å². The maximum Gasteiger partial charge on any atom is 0.326 e. The SMILES string of the molecule is O=C(CCN1C(=O)C2C3CCC(O3)C2C1=O)N[C@H](Cc1ccccc1)C(=O)O. The number of hydrogen-bond donors (Lipinski definition) is 2. The maximum absolute atomic E-state index is 12.6. The van der Waals surface area contributed by atoms with Gasteiger partial charge in [0.15, 0.2) is 0 Å². The molecule has 3 aliphatic heterocycles. The minimum Gasteiger partial charge on any atom is -0.480 e. The summed E-state index contributed by atoms with van der Waals surface area (Å²) in [4.78, 5) is 50.0. The van der Waals surface area contributed by atoms with Gasteiger partial charge in [0.25, 0.3) is 0 Å². The molecule has 3 heterocycles. The van der Waals surface area contributed by atoms with Crippen molar-refractivity contribution in [2.24, 2.45) is 11.8 Å². The molecule has 0 aliphatic carbocycles. The van der Waals surface area contributed by atoms with Crippen LogP contribution >= 0.6 is 0 Å². The van der Waals surface area contributed by atoms with E-state index < -0.39 is 29.8 Å². The zero-order chi connectivity index (χ0) is 19.8. The van der Waals surface area contributed by atoms with Crippen molar-refractivity contribution < 1.29 is 29.0 Å². The first-order valence-corrected chi connectivity index (χ1v) is 9.52. The van der Waals surface area contributed by atoms with E-state index in [1.165, 1.54) is 0 Å². The van der Waals surface area contributed by atoms with Crippen molar-refractivity contribution in [2.45, 2.75) is 43.9 Å². The van der Waals surface area contributed by atoms with Crippen LogP contribution in [0.25, 0.3) is 0 Å². The van der Waals surface area contributed by atoms with Crippen LogP contribution in [0.4, 0.5) is 0 Å². The minimum absolute atomic E-state index is 0.0341. The molecule has 1 aromatic rings. The summed E-state index contributed by atoms with van der Waals surface area (Å²) in [5, 5.41) is 11.9. The Morgan fingerprint density at radius 3 is 2.29 bits per heavy atom. The predicted octanol–water partition coefficient (Wildman–Crippen LogP) is 0.351. The largest absolute Gasteiger partial charge is 0.480 e. The van der Waals surface area contributed by atoms with E-state index in [2.05, 4.69) is 5.32 Å². The molecule has 5 atom stereocenters. The number of carboxylic acid groups (broad SMARTS) is 1. The molecule has 8 heteroatoms. The second-order valence-electron chi connectivity index (χ2n) is 7.57. The summed E-state index contributed by atoms with van der Waals surface area (Å²) in [6, 6.07) is 7.94. The maximum atomic E-state index is 12.6. The molecule has 28 heavy (non-hydrogen) atoms. The van der Waals surface area contributed by atoms with Gasteiger partial charge >= 0.3 is 5.97 Å². The zero-order valence-electron chi connectivity index (χ0n) is 15.2. The number of nitrogens with zero attached hydrogens (tertiary/aromatic N) is 1. The summed E-state index contributed by atoms with van der Waals surface area (Å²) < 4.78 is 5.68. The number of ether oxygens (including phenoxy) is 1. The third-order valence-corrected chi connectivity index (χ3v) is 5.85. The Morgan fingerprint density at radius 2 is 1.71 bits per heavy atom. The van der Waals surface area contributed by atoms with Crippen LogP contribution in [0.3, 0.4) is 0 Å². The highest BCUT2D eigenvalue weighted by atomic mass is 16.5. The molecule has 0 spiro atoms. The average molecular weight is 386 g/mol. The molecule has 4 unspecified atom stereocenters. The lowest BCUT2D eigenvalue weighted by Crippen LogP contribution is -2.44. The minimum atomic E-state index is -1.13. The van der Waals surface area contributed by atoms with Gasteiger partial charge in [-0.25, -0.2) is 4.79 Å². The summed E-state index contributed by atoms with van der Waals surface area (Å²) in [5.41, 5.74) is 0.795. The van der Waals surface area contributed by atoms with Crippen LogP contribution in [-0.4, -0.2) is 58.5 Å². The van der Waals surface area contributed by atoms with Gasteiger partial charge in [-0.2, -0.15) is 0 Å². The smallest absolute Gasteiger partial charge is 0.326 e. The summed E-state index contributed by atoms with van der Waals surface area (Å²) in [6.07, 6.45) is 1.25. The van der Waals surface area contributed by atoms with Crippen LogP contribution < -0.4 is 5.32 Å². The summed E-state index contributed by atoms with van der Waals surface area (Å²) in [5.74, 6) is -3.00. The van der Waals surface area contributed by atoms with Crippen molar-refractivity contribution in [1.82, 2.24) is 10.2 Å². The highest BCUT2D eigenvalue weighted by molar-refractivity contribution is 6.06. The topological polar surface area (TPSA) is 113 Å². The Kier molecular flexibility index (Phi) is 4.89. The first-order chi connectivity index (χ1) is 13.5. The molecule has 4 rings (SSSR count). The third-order valence-electron chi connectivity index (χ3n) is 5.85. The van der Waals surface area contributed by atoms with Gasteiger partial charge in [-0.15, -0.1) is 0 Å². The molecule has 0 radical (unpaired) electrons. The van der Waals surface area contributed by atoms with Gasteiger partial charge in [0.05, 0.1) is 24.0 Å². The van der Waals surface area contributed by atoms with Crippen molar-refractivity contribution in [3.8, 4) is 0 Å². The van der Waals surface area contributed by atoms with E-state index in [-0.39, 0.29) is 43.4 Å². The number of likely N-dealkylation sites (tertiary alicyclic amines) is 1. The number of carbonyl (C=O) groups excluding carboxylic acids is 3. The van der Waals surface area contributed by atoms with E-state index >= 15 is 0 Å². The first kappa shape index (κ1) is 18.6. The molecule has 0 aromatic heterocycles. The second kappa shape index (κ2) is 7.35. The Hall–Kier alpha value is -2.74. The number of rotatable bonds is 7. The monoisotopic (exact) mass is 386 g/mol. The van der Waals surface area contributed by atoms with E-state index in [4.69, 9.17) is 4.74 Å². The molecule has 8 nitrogen and oxygen atoms in total. The number of carboxylic acids is 1. The lowest BCUT2D eigenvalue weighted by atomic mass is 9.81. The standard InChI is InChI=1S/C20H22N2O6/c23-15(21-12(20(26)27)10-11-4-2-1-3-5-11)8-9-22-18(24)16-13-6-7-14(28-13)17(16)19(22)25/h1-5,12-14,16-17H,6-10H2,(H,21,23)(H,26,27)/t12-,13?,14?,16?,17?/m1/s1. The Morgan fingerprint density at radius 1 is 1.11 bits per heavy atom. The molecule has 2 N–H and O–H groups in total. The van der Waals surface area contributed by atoms with Gasteiger partial charge in [0, 0.05) is 19.4 Å². The lowest BCUT2D eigenvalue weighted by Gasteiger charge is -2.18. The van der Waals surface area contributed by atoms with Crippen molar-refractivity contribution >= 4 is 23.7 Å². The fourth-order valence-corrected chi connectivity index (χ4v) is 4.52. The third kappa shape index (κ3) is 3.28. The molecular weight excluding hydrogens is 364 g/mol. The summed E-state index contributed by atoms with van der Waals surface area (Å²) >= 11 is 0. The van der Waals surface area contributed by atoms with Crippen molar-refractivity contribution in [3.63, 3.8) is 0 Å². The van der Waals surface area contributed by atoms with Gasteiger partial charge in [0.2, 0.25) is 17.7 Å². The number of carbonyl (C=O) groups is 4. The zero-order valence-corrected chi connectivity index (χ0v) is 15.2. The number of nitrogens with one attached hydrogen (secondary N) is 1. The number of imide groups is 1. The fraction of sp³-hybridized carbons (Fsp3) is 0.500. The van der Waals surface area contributed by atoms with Gasteiger partial charge in [-0.3, -0.25) is 19.3 Å². The number of fused-ring (bicyclic) bond motifs is 5. The molecule has 3 aliphatic rings. The number of hydrogen-bond acceptors (Lipinski definition) is 5. The van der Waals surface area contributed by atoms with Crippen molar-refractivity contribution in [2.75, 3.05) is 6.54 Å². The Balaban J connectivity index is 1.33. The van der Waals surface area contributed by atoms with E-state index in [1.54, 1.807) is 24.3 Å². The van der Waals surface area contributed by atoms with Crippen LogP contribution in [-0.2, 0) is 30.3 Å². The van der Waals surface area contributed by atoms with Gasteiger partial charge in [0.1, 0.15) is 6.04 Å². The highest BCUT2D eigenvalue weighted by Crippen LogP contribution is 2.48. The van der Waals surface area contributed by atoms with Gasteiger partial charge < -0.3 is 15.2 Å². The molecule has 3 amide bonds. The predicted molar refractivity (Wildman–Crippen MR) is 95.9 cm³/mol. The fourth-order valence-electron chi connectivity index (χ4n) is 4.52.